The fourth-order valence-electron chi connectivity index (χ4n) is 3.73. The molecule has 0 spiro atoms. The van der Waals surface area contributed by atoms with E-state index in [2.05, 4.69) is 41.2 Å². The molecule has 2 aromatic carbocycles. The second-order valence-electron chi connectivity index (χ2n) is 6.95. The zero-order chi connectivity index (χ0) is 18.4. The van der Waals surface area contributed by atoms with E-state index in [9.17, 15) is 0 Å². The maximum atomic E-state index is 6.32. The summed E-state index contributed by atoms with van der Waals surface area (Å²) in [6, 6.07) is 18.4. The van der Waals surface area contributed by atoms with Gasteiger partial charge in [0.25, 0.3) is 0 Å². The van der Waals surface area contributed by atoms with Crippen molar-refractivity contribution in [2.75, 3.05) is 0 Å². The first-order valence-corrected chi connectivity index (χ1v) is 9.36. The van der Waals surface area contributed by atoms with Crippen LogP contribution in [-0.4, -0.2) is 15.7 Å². The summed E-state index contributed by atoms with van der Waals surface area (Å²) in [5.41, 5.74) is 5.57. The summed E-state index contributed by atoms with van der Waals surface area (Å²) in [6.45, 7) is 2.09. The summed E-state index contributed by atoms with van der Waals surface area (Å²) in [4.78, 5) is 4.13. The molecule has 0 radical (unpaired) electrons. The summed E-state index contributed by atoms with van der Waals surface area (Å²) in [5, 5.41) is 7.73. The summed E-state index contributed by atoms with van der Waals surface area (Å²) < 4.78 is 6.32. The molecule has 0 saturated carbocycles. The van der Waals surface area contributed by atoms with Crippen molar-refractivity contribution in [3.8, 4) is 5.75 Å². The van der Waals surface area contributed by atoms with E-state index in [0.717, 1.165) is 34.6 Å². The Hall–Kier alpha value is -2.85. The Labute approximate surface area is 163 Å². The number of rotatable bonds is 2. The van der Waals surface area contributed by atoms with Gasteiger partial charge in [0.2, 0.25) is 6.23 Å². The van der Waals surface area contributed by atoms with Gasteiger partial charge in [0.05, 0.1) is 11.8 Å². The minimum Gasteiger partial charge on any atom is -0.464 e. The first kappa shape index (κ1) is 16.3. The number of aromatic nitrogens is 1. The Bertz CT molecular complexity index is 1020. The lowest BCUT2D eigenvalue weighted by atomic mass is 9.95. The number of nitrogens with zero attached hydrogens (tertiary/aromatic N) is 3. The molecule has 2 aliphatic heterocycles. The Morgan fingerprint density at radius 1 is 1.04 bits per heavy atom. The van der Waals surface area contributed by atoms with Crippen LogP contribution in [-0.2, 0) is 0 Å². The molecule has 0 amide bonds. The lowest BCUT2D eigenvalue weighted by molar-refractivity contribution is -0.0190. The lowest BCUT2D eigenvalue weighted by Crippen LogP contribution is -2.33. The van der Waals surface area contributed by atoms with Gasteiger partial charge in [0, 0.05) is 35.0 Å². The molecule has 27 heavy (non-hydrogen) atoms. The smallest absolute Gasteiger partial charge is 0.213 e. The molecule has 0 aliphatic carbocycles. The Morgan fingerprint density at radius 3 is 2.59 bits per heavy atom. The summed E-state index contributed by atoms with van der Waals surface area (Å²) in [5.74, 6) is 0.864. The third-order valence-corrected chi connectivity index (χ3v) is 5.36. The van der Waals surface area contributed by atoms with Gasteiger partial charge in [-0.05, 0) is 42.8 Å². The van der Waals surface area contributed by atoms with E-state index >= 15 is 0 Å². The minimum atomic E-state index is -0.283. The first-order chi connectivity index (χ1) is 13.2. The van der Waals surface area contributed by atoms with E-state index in [-0.39, 0.29) is 12.3 Å². The Balaban J connectivity index is 1.60. The van der Waals surface area contributed by atoms with Gasteiger partial charge in [-0.2, -0.15) is 5.10 Å². The van der Waals surface area contributed by atoms with E-state index in [0.29, 0.717) is 5.02 Å². The number of fused-ring (bicyclic) bond motifs is 3. The van der Waals surface area contributed by atoms with Gasteiger partial charge in [0.1, 0.15) is 5.75 Å². The monoisotopic (exact) mass is 375 g/mol. The van der Waals surface area contributed by atoms with E-state index in [1.165, 1.54) is 5.56 Å². The average molecular weight is 376 g/mol. The highest BCUT2D eigenvalue weighted by molar-refractivity contribution is 6.30. The van der Waals surface area contributed by atoms with Gasteiger partial charge >= 0.3 is 0 Å². The molecular formula is C22H18ClN3O. The highest BCUT2D eigenvalue weighted by Crippen LogP contribution is 2.48. The maximum Gasteiger partial charge on any atom is 0.213 e. The molecule has 3 heterocycles. The molecule has 0 bridgehead atoms. The van der Waals surface area contributed by atoms with Crippen LogP contribution in [0, 0.1) is 6.92 Å². The topological polar surface area (TPSA) is 37.7 Å². The predicted octanol–water partition coefficient (Wildman–Crippen LogP) is 5.29. The van der Waals surface area contributed by atoms with Crippen LogP contribution in [0.25, 0.3) is 0 Å². The largest absolute Gasteiger partial charge is 0.464 e. The van der Waals surface area contributed by atoms with Crippen LogP contribution in [0.1, 0.15) is 40.9 Å². The van der Waals surface area contributed by atoms with Crippen molar-refractivity contribution >= 4 is 17.3 Å². The highest BCUT2D eigenvalue weighted by Gasteiger charge is 2.41. The standard InChI is InChI=1S/C22H18ClN3O/c1-14-2-4-15(5-3-14)19-13-20-18-12-17(23)6-7-21(18)27-22(26(20)25-19)16-8-10-24-11-9-16/h2-12,20,22H,13H2,1H3. The summed E-state index contributed by atoms with van der Waals surface area (Å²) in [6.07, 6.45) is 4.10. The molecule has 3 aromatic rings. The van der Waals surface area contributed by atoms with Crippen LogP contribution < -0.4 is 4.74 Å². The van der Waals surface area contributed by atoms with Gasteiger partial charge in [0.15, 0.2) is 0 Å². The number of aryl methyl sites for hydroxylation is 1. The lowest BCUT2D eigenvalue weighted by Gasteiger charge is -2.38. The molecule has 2 atom stereocenters. The molecule has 0 saturated heterocycles. The fraction of sp³-hybridized carbons (Fsp3) is 0.182. The van der Waals surface area contributed by atoms with Gasteiger partial charge < -0.3 is 4.74 Å². The summed E-state index contributed by atoms with van der Waals surface area (Å²) in [7, 11) is 0. The van der Waals surface area contributed by atoms with Crippen LogP contribution >= 0.6 is 11.6 Å². The van der Waals surface area contributed by atoms with Gasteiger partial charge in [-0.15, -0.1) is 0 Å². The maximum absolute atomic E-state index is 6.32. The predicted molar refractivity (Wildman–Crippen MR) is 106 cm³/mol. The van der Waals surface area contributed by atoms with Gasteiger partial charge in [-0.1, -0.05) is 41.4 Å². The van der Waals surface area contributed by atoms with Crippen LogP contribution in [0.15, 0.2) is 72.1 Å². The van der Waals surface area contributed by atoms with Crippen molar-refractivity contribution in [2.45, 2.75) is 25.6 Å². The molecule has 134 valence electrons. The van der Waals surface area contributed by atoms with Gasteiger partial charge in [-0.3, -0.25) is 4.98 Å². The third-order valence-electron chi connectivity index (χ3n) is 5.13. The number of pyridine rings is 1. The average Bonchev–Trinajstić information content (AvgIpc) is 3.14. The molecule has 2 aliphatic rings. The fourth-order valence-corrected chi connectivity index (χ4v) is 3.91. The second kappa shape index (κ2) is 6.39. The minimum absolute atomic E-state index is 0.0990. The van der Waals surface area contributed by atoms with E-state index in [4.69, 9.17) is 21.4 Å². The number of hydrogen-bond donors (Lipinski definition) is 0. The van der Waals surface area contributed by atoms with Crippen molar-refractivity contribution in [3.05, 3.63) is 94.3 Å². The number of hydrogen-bond acceptors (Lipinski definition) is 4. The Kier molecular flexibility index (Phi) is 3.87. The molecule has 4 nitrogen and oxygen atoms in total. The van der Waals surface area contributed by atoms with Crippen LogP contribution in [0.2, 0.25) is 5.02 Å². The Morgan fingerprint density at radius 2 is 1.81 bits per heavy atom. The van der Waals surface area contributed by atoms with Crippen molar-refractivity contribution in [1.82, 2.24) is 9.99 Å². The SMILES string of the molecule is Cc1ccc(C2=NN3C(C2)c2cc(Cl)ccc2OC3c2ccncc2)cc1. The van der Waals surface area contributed by atoms with Crippen molar-refractivity contribution in [1.29, 1.82) is 0 Å². The first-order valence-electron chi connectivity index (χ1n) is 8.98. The quantitative estimate of drug-likeness (QED) is 0.611. The number of ether oxygens (including phenoxy) is 1. The van der Waals surface area contributed by atoms with Crippen molar-refractivity contribution < 1.29 is 4.74 Å². The molecule has 5 rings (SSSR count). The zero-order valence-corrected chi connectivity index (χ0v) is 15.6. The zero-order valence-electron chi connectivity index (χ0n) is 14.8. The normalized spacial score (nSPS) is 20.5. The number of halogens is 1. The van der Waals surface area contributed by atoms with Crippen LogP contribution in [0.3, 0.4) is 0 Å². The van der Waals surface area contributed by atoms with E-state index in [1.54, 1.807) is 12.4 Å². The van der Waals surface area contributed by atoms with E-state index in [1.807, 2.05) is 30.3 Å². The van der Waals surface area contributed by atoms with Gasteiger partial charge in [-0.25, -0.2) is 5.01 Å². The molecule has 1 aromatic heterocycles. The van der Waals surface area contributed by atoms with E-state index < -0.39 is 0 Å². The molecule has 0 N–H and O–H groups in total. The van der Waals surface area contributed by atoms with Crippen LogP contribution in [0.5, 0.6) is 5.75 Å². The van der Waals surface area contributed by atoms with Crippen LogP contribution in [0.4, 0.5) is 0 Å². The molecule has 2 unspecified atom stereocenters. The highest BCUT2D eigenvalue weighted by atomic mass is 35.5. The molecule has 0 fully saturated rings. The van der Waals surface area contributed by atoms with Crippen molar-refractivity contribution in [2.24, 2.45) is 5.10 Å². The number of benzene rings is 2. The van der Waals surface area contributed by atoms with Crippen molar-refractivity contribution in [3.63, 3.8) is 0 Å². The second-order valence-corrected chi connectivity index (χ2v) is 7.38. The third kappa shape index (κ3) is 2.86. The molecular weight excluding hydrogens is 358 g/mol. The number of hydrazone groups is 1. The molecule has 5 heteroatoms. The summed E-state index contributed by atoms with van der Waals surface area (Å²) >= 11 is 6.27.